The van der Waals surface area contributed by atoms with Gasteiger partial charge in [-0.1, -0.05) is 12.1 Å². The normalized spacial score (nSPS) is 14.5. The van der Waals surface area contributed by atoms with Gasteiger partial charge in [-0.05, 0) is 12.1 Å². The average Bonchev–Trinajstić information content (AvgIpc) is 2.61. The highest BCUT2D eigenvalue weighted by molar-refractivity contribution is 6.01. The number of piperazine rings is 1. The lowest BCUT2D eigenvalue weighted by Crippen LogP contribution is -2.52. The molecular formula is C16H13N5O2. The largest absolute Gasteiger partial charge is 0.326 e. The first-order valence-electron chi connectivity index (χ1n) is 7.05. The van der Waals surface area contributed by atoms with Crippen molar-refractivity contribution in [1.82, 2.24) is 14.9 Å². The summed E-state index contributed by atoms with van der Waals surface area (Å²) in [6.07, 6.45) is 4.30. The van der Waals surface area contributed by atoms with Gasteiger partial charge in [0, 0.05) is 25.5 Å². The number of hydrogen-bond acceptors (Lipinski definition) is 5. The molecule has 0 radical (unpaired) electrons. The summed E-state index contributed by atoms with van der Waals surface area (Å²) < 4.78 is 0. The summed E-state index contributed by atoms with van der Waals surface area (Å²) in [6.45, 7) is 0.666. The third-order valence-electron chi connectivity index (χ3n) is 3.61. The predicted octanol–water partition coefficient (Wildman–Crippen LogP) is 0.837. The van der Waals surface area contributed by atoms with E-state index >= 15 is 0 Å². The van der Waals surface area contributed by atoms with Crippen molar-refractivity contribution in [2.75, 3.05) is 24.5 Å². The highest BCUT2D eigenvalue weighted by Gasteiger charge is 2.30. The first kappa shape index (κ1) is 14.7. The lowest BCUT2D eigenvalue weighted by Gasteiger charge is -2.34. The Labute approximate surface area is 132 Å². The molecular weight excluding hydrogens is 294 g/mol. The van der Waals surface area contributed by atoms with Crippen molar-refractivity contribution in [1.29, 1.82) is 5.26 Å². The van der Waals surface area contributed by atoms with Crippen molar-refractivity contribution in [2.24, 2.45) is 0 Å². The van der Waals surface area contributed by atoms with Gasteiger partial charge in [-0.2, -0.15) is 5.26 Å². The molecule has 0 atom stereocenters. The van der Waals surface area contributed by atoms with Gasteiger partial charge in [0.1, 0.15) is 18.3 Å². The van der Waals surface area contributed by atoms with Gasteiger partial charge in [0.05, 0.1) is 17.4 Å². The zero-order valence-corrected chi connectivity index (χ0v) is 12.2. The highest BCUT2D eigenvalue weighted by Crippen LogP contribution is 2.22. The van der Waals surface area contributed by atoms with Gasteiger partial charge in [-0.15, -0.1) is 0 Å². The van der Waals surface area contributed by atoms with Crippen LogP contribution in [-0.2, 0) is 4.79 Å². The molecule has 0 spiro atoms. The molecule has 2 heterocycles. The number of carbonyl (C=O) groups excluding carboxylic acids is 2. The van der Waals surface area contributed by atoms with Gasteiger partial charge in [0.2, 0.25) is 5.91 Å². The van der Waals surface area contributed by atoms with Crippen LogP contribution in [0.1, 0.15) is 16.1 Å². The Kier molecular flexibility index (Phi) is 3.97. The molecule has 3 rings (SSSR count). The van der Waals surface area contributed by atoms with Crippen LogP contribution in [0.5, 0.6) is 0 Å². The molecule has 1 aromatic carbocycles. The second-order valence-electron chi connectivity index (χ2n) is 4.99. The average molecular weight is 307 g/mol. The molecule has 0 saturated carbocycles. The Bertz CT molecular complexity index is 785. The van der Waals surface area contributed by atoms with E-state index in [1.54, 1.807) is 29.2 Å². The molecule has 7 heteroatoms. The van der Waals surface area contributed by atoms with E-state index in [1.807, 2.05) is 0 Å². The smallest absolute Gasteiger partial charge is 0.274 e. The first-order valence-corrected chi connectivity index (χ1v) is 7.05. The molecule has 7 nitrogen and oxygen atoms in total. The SMILES string of the molecule is N#Cc1ccccc1N1CCN(C(=O)c2cnccn2)CC1=O. The van der Waals surface area contributed by atoms with Crippen LogP contribution in [0.2, 0.25) is 0 Å². The number of nitrogens with zero attached hydrogens (tertiary/aromatic N) is 5. The number of para-hydroxylation sites is 1. The fraction of sp³-hybridized carbons (Fsp3) is 0.188. The van der Waals surface area contributed by atoms with Crippen LogP contribution in [0, 0.1) is 11.3 Å². The molecule has 1 fully saturated rings. The molecule has 1 aliphatic heterocycles. The first-order chi connectivity index (χ1) is 11.2. The molecule has 114 valence electrons. The van der Waals surface area contributed by atoms with Crippen molar-refractivity contribution in [3.8, 4) is 6.07 Å². The predicted molar refractivity (Wildman–Crippen MR) is 81.4 cm³/mol. The molecule has 2 aromatic rings. The van der Waals surface area contributed by atoms with Gasteiger partial charge in [0.25, 0.3) is 5.91 Å². The van der Waals surface area contributed by atoms with Crippen LogP contribution in [0.4, 0.5) is 5.69 Å². The summed E-state index contributed by atoms with van der Waals surface area (Å²) in [5.41, 5.74) is 1.23. The van der Waals surface area contributed by atoms with Gasteiger partial charge in [0.15, 0.2) is 0 Å². The van der Waals surface area contributed by atoms with E-state index < -0.39 is 0 Å². The van der Waals surface area contributed by atoms with Gasteiger partial charge in [-0.3, -0.25) is 14.6 Å². The van der Waals surface area contributed by atoms with E-state index in [1.165, 1.54) is 23.5 Å². The van der Waals surface area contributed by atoms with E-state index in [2.05, 4.69) is 16.0 Å². The topological polar surface area (TPSA) is 90.2 Å². The quantitative estimate of drug-likeness (QED) is 0.820. The number of benzene rings is 1. The van der Waals surface area contributed by atoms with Crippen molar-refractivity contribution in [3.63, 3.8) is 0 Å². The molecule has 0 unspecified atom stereocenters. The molecule has 1 aromatic heterocycles. The summed E-state index contributed by atoms with van der Waals surface area (Å²) in [4.78, 5) is 35.5. The number of rotatable bonds is 2. The number of nitriles is 1. The van der Waals surface area contributed by atoms with Crippen LogP contribution >= 0.6 is 0 Å². The van der Waals surface area contributed by atoms with E-state index in [0.29, 0.717) is 24.3 Å². The Morgan fingerprint density at radius 1 is 1.22 bits per heavy atom. The third-order valence-corrected chi connectivity index (χ3v) is 3.61. The Hall–Kier alpha value is -3.27. The minimum Gasteiger partial charge on any atom is -0.326 e. The Balaban J connectivity index is 1.77. The van der Waals surface area contributed by atoms with Gasteiger partial charge < -0.3 is 9.80 Å². The summed E-state index contributed by atoms with van der Waals surface area (Å²) in [5.74, 6) is -0.546. The van der Waals surface area contributed by atoms with E-state index in [4.69, 9.17) is 5.26 Å². The zero-order valence-electron chi connectivity index (χ0n) is 12.2. The molecule has 23 heavy (non-hydrogen) atoms. The molecule has 1 saturated heterocycles. The van der Waals surface area contributed by atoms with Crippen LogP contribution < -0.4 is 4.90 Å². The summed E-state index contributed by atoms with van der Waals surface area (Å²) >= 11 is 0. The lowest BCUT2D eigenvalue weighted by atomic mass is 10.1. The standard InChI is InChI=1S/C16H13N5O2/c17-9-12-3-1-2-4-14(12)21-8-7-20(11-15(21)22)16(23)13-10-18-5-6-19-13/h1-6,10H,7-8,11H2. The van der Waals surface area contributed by atoms with Crippen LogP contribution in [0.3, 0.4) is 0 Å². The van der Waals surface area contributed by atoms with E-state index in [0.717, 1.165) is 0 Å². The molecule has 0 N–H and O–H groups in total. The number of amides is 2. The minimum atomic E-state index is -0.320. The maximum Gasteiger partial charge on any atom is 0.274 e. The minimum absolute atomic E-state index is 0.0465. The Morgan fingerprint density at radius 2 is 2.04 bits per heavy atom. The second kappa shape index (κ2) is 6.23. The summed E-state index contributed by atoms with van der Waals surface area (Å²) in [5, 5.41) is 9.16. The highest BCUT2D eigenvalue weighted by atomic mass is 16.2. The summed E-state index contributed by atoms with van der Waals surface area (Å²) in [7, 11) is 0. The number of carbonyl (C=O) groups is 2. The lowest BCUT2D eigenvalue weighted by molar-refractivity contribution is -0.120. The van der Waals surface area contributed by atoms with Gasteiger partial charge >= 0.3 is 0 Å². The van der Waals surface area contributed by atoms with Crippen molar-refractivity contribution in [3.05, 3.63) is 54.1 Å². The van der Waals surface area contributed by atoms with E-state index in [-0.39, 0.29) is 24.1 Å². The zero-order chi connectivity index (χ0) is 16.2. The monoisotopic (exact) mass is 307 g/mol. The summed E-state index contributed by atoms with van der Waals surface area (Å²) in [6, 6.07) is 9.01. The molecule has 2 amide bonds. The number of anilines is 1. The molecule has 0 bridgehead atoms. The van der Waals surface area contributed by atoms with Gasteiger partial charge in [-0.25, -0.2) is 4.98 Å². The third kappa shape index (κ3) is 2.87. The van der Waals surface area contributed by atoms with Crippen molar-refractivity contribution in [2.45, 2.75) is 0 Å². The van der Waals surface area contributed by atoms with Crippen LogP contribution in [0.15, 0.2) is 42.9 Å². The van der Waals surface area contributed by atoms with E-state index in [9.17, 15) is 9.59 Å². The molecule has 1 aliphatic rings. The fourth-order valence-electron chi connectivity index (χ4n) is 2.48. The molecule has 0 aliphatic carbocycles. The van der Waals surface area contributed by atoms with Crippen LogP contribution in [0.25, 0.3) is 0 Å². The fourth-order valence-corrected chi connectivity index (χ4v) is 2.48. The second-order valence-corrected chi connectivity index (χ2v) is 4.99. The van der Waals surface area contributed by atoms with Crippen molar-refractivity contribution < 1.29 is 9.59 Å². The number of aromatic nitrogens is 2. The maximum absolute atomic E-state index is 12.4. The van der Waals surface area contributed by atoms with Crippen molar-refractivity contribution >= 4 is 17.5 Å². The maximum atomic E-state index is 12.4. The number of hydrogen-bond donors (Lipinski definition) is 0. The Morgan fingerprint density at radius 3 is 2.74 bits per heavy atom. The van der Waals surface area contributed by atoms with Crippen LogP contribution in [-0.4, -0.2) is 46.3 Å².